The summed E-state index contributed by atoms with van der Waals surface area (Å²) in [5.74, 6) is 4.65. The summed E-state index contributed by atoms with van der Waals surface area (Å²) in [4.78, 5) is 12.5. The number of Topliss-reactive ketones (excluding diaryl/α,β-unsaturated/α-hetero) is 1. The molecule has 0 bridgehead atoms. The zero-order valence-corrected chi connectivity index (χ0v) is 19.0. The van der Waals surface area contributed by atoms with E-state index in [1.54, 1.807) is 7.11 Å². The molecule has 0 N–H and O–H groups in total. The zero-order valence-electron chi connectivity index (χ0n) is 18.0. The third-order valence-corrected chi connectivity index (χ3v) is 12.4. The van der Waals surface area contributed by atoms with Crippen molar-refractivity contribution in [1.29, 1.82) is 0 Å². The lowest BCUT2D eigenvalue weighted by Crippen LogP contribution is -2.43. The summed E-state index contributed by atoms with van der Waals surface area (Å²) in [5, 5.41) is 0. The van der Waals surface area contributed by atoms with Gasteiger partial charge < -0.3 is 4.74 Å². The van der Waals surface area contributed by atoms with Gasteiger partial charge in [0, 0.05) is 17.6 Å². The lowest BCUT2D eigenvalue weighted by atomic mass is 9.99. The van der Waals surface area contributed by atoms with Crippen LogP contribution in [0.3, 0.4) is 0 Å². The lowest BCUT2D eigenvalue weighted by Gasteiger charge is -2.38. The van der Waals surface area contributed by atoms with E-state index >= 15 is 0 Å². The van der Waals surface area contributed by atoms with E-state index in [9.17, 15) is 4.79 Å². The Kier molecular flexibility index (Phi) is 7.11. The molecule has 0 aromatic heterocycles. The van der Waals surface area contributed by atoms with Gasteiger partial charge in [-0.15, -0.1) is 5.54 Å². The van der Waals surface area contributed by atoms with Crippen LogP contribution in [0.25, 0.3) is 5.57 Å². The van der Waals surface area contributed by atoms with E-state index in [-0.39, 0.29) is 5.78 Å². The van der Waals surface area contributed by atoms with Gasteiger partial charge in [0.15, 0.2) is 5.78 Å². The summed E-state index contributed by atoms with van der Waals surface area (Å²) < 4.78 is 5.29. The standard InChI is InChI=1S/C24H34O2Si/c1-17(2)27(18(3)4,19(5)6)16-15-22(23-9-8-10-24(23)25)20-11-13-21(26-7)14-12-20/h11-14,17-19H,8-10H2,1-7H3/b23-22+. The fourth-order valence-electron chi connectivity index (χ4n) is 4.66. The number of allylic oxidation sites excluding steroid dienone is 2. The molecule has 1 aliphatic rings. The highest BCUT2D eigenvalue weighted by molar-refractivity contribution is 6.90. The van der Waals surface area contributed by atoms with Gasteiger partial charge in [-0.1, -0.05) is 59.6 Å². The van der Waals surface area contributed by atoms with Crippen molar-refractivity contribution >= 4 is 19.4 Å². The van der Waals surface area contributed by atoms with Crippen molar-refractivity contribution in [2.45, 2.75) is 77.4 Å². The first-order valence-corrected chi connectivity index (χ1v) is 12.4. The van der Waals surface area contributed by atoms with Crippen molar-refractivity contribution in [1.82, 2.24) is 0 Å². The Morgan fingerprint density at radius 1 is 0.963 bits per heavy atom. The van der Waals surface area contributed by atoms with Crippen LogP contribution < -0.4 is 4.74 Å². The van der Waals surface area contributed by atoms with Gasteiger partial charge in [-0.05, 0) is 47.2 Å². The third-order valence-electron chi connectivity index (χ3n) is 6.12. The highest BCUT2D eigenvalue weighted by Crippen LogP contribution is 2.41. The van der Waals surface area contributed by atoms with Crippen LogP contribution in [0.5, 0.6) is 5.75 Å². The van der Waals surface area contributed by atoms with E-state index < -0.39 is 8.07 Å². The van der Waals surface area contributed by atoms with Crippen LogP contribution in [0.2, 0.25) is 16.6 Å². The van der Waals surface area contributed by atoms with Crippen LogP contribution in [0, 0.1) is 11.5 Å². The van der Waals surface area contributed by atoms with Gasteiger partial charge in [0.2, 0.25) is 0 Å². The van der Waals surface area contributed by atoms with Gasteiger partial charge in [-0.2, -0.15) is 0 Å². The Morgan fingerprint density at radius 3 is 1.93 bits per heavy atom. The molecule has 1 aromatic rings. The third kappa shape index (κ3) is 4.38. The first kappa shape index (κ1) is 21.5. The molecule has 3 heteroatoms. The number of carbonyl (C=O) groups is 1. The largest absolute Gasteiger partial charge is 0.497 e. The fraction of sp³-hybridized carbons (Fsp3) is 0.542. The van der Waals surface area contributed by atoms with E-state index in [4.69, 9.17) is 4.74 Å². The molecular formula is C24H34O2Si. The summed E-state index contributed by atoms with van der Waals surface area (Å²) >= 11 is 0. The summed E-state index contributed by atoms with van der Waals surface area (Å²) in [6, 6.07) is 7.97. The van der Waals surface area contributed by atoms with Crippen LogP contribution >= 0.6 is 0 Å². The van der Waals surface area contributed by atoms with Gasteiger partial charge in [0.25, 0.3) is 0 Å². The second-order valence-corrected chi connectivity index (χ2v) is 14.1. The van der Waals surface area contributed by atoms with Crippen LogP contribution in [0.1, 0.15) is 66.4 Å². The summed E-state index contributed by atoms with van der Waals surface area (Å²) in [7, 11) is -0.176. The molecule has 1 aromatic carbocycles. The van der Waals surface area contributed by atoms with Crippen LogP contribution in [0.4, 0.5) is 0 Å². The van der Waals surface area contributed by atoms with E-state index in [0.29, 0.717) is 23.0 Å². The van der Waals surface area contributed by atoms with Crippen LogP contribution in [-0.2, 0) is 4.79 Å². The smallest absolute Gasteiger partial charge is 0.160 e. The Labute approximate surface area is 166 Å². The average molecular weight is 383 g/mol. The Bertz CT molecular complexity index is 736. The molecule has 1 fully saturated rings. The molecule has 1 aliphatic carbocycles. The van der Waals surface area contributed by atoms with Crippen molar-refractivity contribution in [3.8, 4) is 17.2 Å². The monoisotopic (exact) mass is 382 g/mol. The first-order valence-electron chi connectivity index (χ1n) is 10.2. The quantitative estimate of drug-likeness (QED) is 0.333. The maximum atomic E-state index is 12.5. The predicted molar refractivity (Wildman–Crippen MR) is 118 cm³/mol. The Hall–Kier alpha value is -1.79. The summed E-state index contributed by atoms with van der Waals surface area (Å²) in [5.41, 5.74) is 8.43. The number of carbonyl (C=O) groups excluding carboxylic acids is 1. The van der Waals surface area contributed by atoms with Crippen molar-refractivity contribution < 1.29 is 9.53 Å². The number of hydrogen-bond donors (Lipinski definition) is 0. The van der Waals surface area contributed by atoms with Crippen molar-refractivity contribution in [3.63, 3.8) is 0 Å². The molecule has 2 nitrogen and oxygen atoms in total. The molecule has 0 saturated heterocycles. The number of hydrogen-bond acceptors (Lipinski definition) is 2. The molecule has 0 aliphatic heterocycles. The molecule has 0 amide bonds. The highest BCUT2D eigenvalue weighted by Gasteiger charge is 2.41. The Balaban J connectivity index is 2.63. The van der Waals surface area contributed by atoms with Crippen molar-refractivity contribution in [2.24, 2.45) is 0 Å². The second-order valence-electron chi connectivity index (χ2n) is 8.51. The van der Waals surface area contributed by atoms with Crippen molar-refractivity contribution in [3.05, 3.63) is 35.4 Å². The lowest BCUT2D eigenvalue weighted by molar-refractivity contribution is -0.114. The van der Waals surface area contributed by atoms with E-state index in [1.165, 1.54) is 0 Å². The second kappa shape index (κ2) is 8.93. The first-order chi connectivity index (χ1) is 12.7. The van der Waals surface area contributed by atoms with Gasteiger partial charge >= 0.3 is 0 Å². The van der Waals surface area contributed by atoms with E-state index in [0.717, 1.165) is 35.3 Å². The molecule has 2 rings (SSSR count). The number of benzene rings is 1. The predicted octanol–water partition coefficient (Wildman–Crippen LogP) is 6.42. The molecule has 146 valence electrons. The van der Waals surface area contributed by atoms with E-state index in [1.807, 2.05) is 24.3 Å². The van der Waals surface area contributed by atoms with E-state index in [2.05, 4.69) is 53.0 Å². The molecule has 1 saturated carbocycles. The minimum atomic E-state index is -1.85. The molecule has 0 spiro atoms. The molecule has 0 radical (unpaired) electrons. The average Bonchev–Trinajstić information content (AvgIpc) is 3.04. The maximum Gasteiger partial charge on any atom is 0.160 e. The molecular weight excluding hydrogens is 348 g/mol. The topological polar surface area (TPSA) is 26.3 Å². The minimum Gasteiger partial charge on any atom is -0.497 e. The van der Waals surface area contributed by atoms with Gasteiger partial charge in [0.05, 0.1) is 7.11 Å². The van der Waals surface area contributed by atoms with Gasteiger partial charge in [0.1, 0.15) is 13.8 Å². The van der Waals surface area contributed by atoms with Gasteiger partial charge in [-0.3, -0.25) is 4.79 Å². The highest BCUT2D eigenvalue weighted by atomic mass is 28.3. The number of ether oxygens (including phenoxy) is 1. The SMILES string of the molecule is COc1ccc(/C(C#C[Si](C(C)C)(C(C)C)C(C)C)=C2\CCCC2=O)cc1. The van der Waals surface area contributed by atoms with Crippen LogP contribution in [0.15, 0.2) is 29.8 Å². The summed E-state index contributed by atoms with van der Waals surface area (Å²) in [6.45, 7) is 13.9. The molecule has 0 heterocycles. The molecule has 27 heavy (non-hydrogen) atoms. The number of ketones is 1. The molecule has 0 atom stereocenters. The molecule has 0 unspecified atom stereocenters. The maximum absolute atomic E-state index is 12.5. The fourth-order valence-corrected chi connectivity index (χ4v) is 9.87. The van der Waals surface area contributed by atoms with Crippen LogP contribution in [-0.4, -0.2) is 21.0 Å². The minimum absolute atomic E-state index is 0.265. The Morgan fingerprint density at radius 2 is 1.52 bits per heavy atom. The number of rotatable bonds is 5. The summed E-state index contributed by atoms with van der Waals surface area (Å²) in [6.07, 6.45) is 2.43. The zero-order chi connectivity index (χ0) is 20.2. The number of methoxy groups -OCH3 is 1. The van der Waals surface area contributed by atoms with Crippen molar-refractivity contribution in [2.75, 3.05) is 7.11 Å². The normalized spacial score (nSPS) is 16.7. The van der Waals surface area contributed by atoms with Gasteiger partial charge in [-0.25, -0.2) is 0 Å².